The Hall–Kier alpha value is -1.36. The van der Waals surface area contributed by atoms with Gasteiger partial charge in [0.25, 0.3) is 0 Å². The number of nitrogen functional groups attached to an aromatic ring is 1. The average molecular weight is 265 g/mol. The van der Waals surface area contributed by atoms with Gasteiger partial charge in [-0.2, -0.15) is 0 Å². The zero-order valence-corrected chi connectivity index (χ0v) is 12.9. The van der Waals surface area contributed by atoms with Crippen molar-refractivity contribution in [3.05, 3.63) is 11.4 Å². The summed E-state index contributed by atoms with van der Waals surface area (Å²) < 4.78 is 0. The van der Waals surface area contributed by atoms with Crippen LogP contribution in [0.4, 0.5) is 11.6 Å². The minimum absolute atomic E-state index is 0.271. The van der Waals surface area contributed by atoms with E-state index in [1.54, 1.807) is 0 Å². The van der Waals surface area contributed by atoms with Crippen molar-refractivity contribution in [3.8, 4) is 0 Å². The van der Waals surface area contributed by atoms with E-state index in [-0.39, 0.29) is 5.92 Å². The second-order valence-corrected chi connectivity index (χ2v) is 5.52. The highest BCUT2D eigenvalue weighted by Crippen LogP contribution is 2.24. The molecule has 5 nitrogen and oxygen atoms in total. The van der Waals surface area contributed by atoms with E-state index in [1.807, 2.05) is 6.92 Å². The highest BCUT2D eigenvalue weighted by molar-refractivity contribution is 5.57. The fourth-order valence-electron chi connectivity index (χ4n) is 1.78. The fraction of sp³-hybridized carbons (Fsp3) is 0.714. The molecule has 0 aromatic carbocycles. The molecule has 0 amide bonds. The summed E-state index contributed by atoms with van der Waals surface area (Å²) in [4.78, 5) is 9.06. The van der Waals surface area contributed by atoms with E-state index in [0.29, 0.717) is 17.8 Å². The minimum atomic E-state index is 0.271. The van der Waals surface area contributed by atoms with E-state index < -0.39 is 0 Å². The predicted octanol–water partition coefficient (Wildman–Crippen LogP) is 3.04. The Morgan fingerprint density at radius 1 is 1.11 bits per heavy atom. The third-order valence-corrected chi connectivity index (χ3v) is 3.68. The molecular weight excluding hydrogens is 238 g/mol. The number of nitrogens with zero attached hydrogens (tertiary/aromatic N) is 2. The van der Waals surface area contributed by atoms with Gasteiger partial charge in [-0.25, -0.2) is 15.8 Å². The maximum atomic E-state index is 5.54. The van der Waals surface area contributed by atoms with E-state index in [0.717, 1.165) is 23.6 Å². The van der Waals surface area contributed by atoms with Crippen molar-refractivity contribution >= 4 is 11.6 Å². The number of aromatic nitrogens is 2. The Morgan fingerprint density at radius 2 is 1.68 bits per heavy atom. The fourth-order valence-corrected chi connectivity index (χ4v) is 1.78. The summed E-state index contributed by atoms with van der Waals surface area (Å²) in [5.41, 5.74) is 3.62. The van der Waals surface area contributed by atoms with Crippen molar-refractivity contribution in [3.63, 3.8) is 0 Å². The van der Waals surface area contributed by atoms with Gasteiger partial charge in [0.05, 0.1) is 0 Å². The molecule has 108 valence electrons. The number of rotatable bonds is 6. The number of nitrogens with one attached hydrogen (secondary N) is 2. The first-order valence-corrected chi connectivity index (χ1v) is 7.02. The van der Waals surface area contributed by atoms with Crippen LogP contribution in [0.25, 0.3) is 0 Å². The van der Waals surface area contributed by atoms with Crippen molar-refractivity contribution in [1.29, 1.82) is 0 Å². The van der Waals surface area contributed by atoms with Crippen LogP contribution in [0.15, 0.2) is 0 Å². The zero-order chi connectivity index (χ0) is 14.6. The van der Waals surface area contributed by atoms with Crippen LogP contribution in [0.2, 0.25) is 0 Å². The topological polar surface area (TPSA) is 75.9 Å². The SMILES string of the molecule is CCC(C)C(C)Nc1nc(C(C)C)nc(NN)c1C. The van der Waals surface area contributed by atoms with E-state index in [9.17, 15) is 0 Å². The number of nitrogens with two attached hydrogens (primary N) is 1. The Morgan fingerprint density at radius 3 is 2.16 bits per heavy atom. The molecule has 0 aliphatic heterocycles. The smallest absolute Gasteiger partial charge is 0.148 e. The summed E-state index contributed by atoms with van der Waals surface area (Å²) in [6.07, 6.45) is 1.14. The van der Waals surface area contributed by atoms with Crippen LogP contribution >= 0.6 is 0 Å². The lowest BCUT2D eigenvalue weighted by Crippen LogP contribution is -2.25. The third kappa shape index (κ3) is 3.80. The Bertz CT molecular complexity index is 417. The lowest BCUT2D eigenvalue weighted by Gasteiger charge is -2.23. The third-order valence-electron chi connectivity index (χ3n) is 3.68. The maximum Gasteiger partial charge on any atom is 0.148 e. The standard InChI is InChI=1S/C14H27N5/c1-7-9(4)11(6)16-13-10(5)14(19-15)18-12(17-13)8(2)3/h8-9,11H,7,15H2,1-6H3,(H2,16,17,18,19). The molecular formula is C14H27N5. The zero-order valence-electron chi connectivity index (χ0n) is 12.9. The predicted molar refractivity (Wildman–Crippen MR) is 81.2 cm³/mol. The van der Waals surface area contributed by atoms with Gasteiger partial charge < -0.3 is 10.7 Å². The molecule has 2 atom stereocenters. The molecule has 0 aliphatic carbocycles. The molecule has 0 fully saturated rings. The van der Waals surface area contributed by atoms with Crippen LogP contribution < -0.4 is 16.6 Å². The van der Waals surface area contributed by atoms with Gasteiger partial charge in [-0.15, -0.1) is 0 Å². The Balaban J connectivity index is 3.08. The van der Waals surface area contributed by atoms with Crippen molar-refractivity contribution < 1.29 is 0 Å². The quantitative estimate of drug-likeness (QED) is 0.544. The van der Waals surface area contributed by atoms with E-state index >= 15 is 0 Å². The van der Waals surface area contributed by atoms with Gasteiger partial charge in [0.2, 0.25) is 0 Å². The summed E-state index contributed by atoms with van der Waals surface area (Å²) in [5.74, 6) is 8.77. The molecule has 5 heteroatoms. The highest BCUT2D eigenvalue weighted by atomic mass is 15.3. The van der Waals surface area contributed by atoms with Crippen LogP contribution in [0.1, 0.15) is 58.3 Å². The monoisotopic (exact) mass is 265 g/mol. The molecule has 19 heavy (non-hydrogen) atoms. The van der Waals surface area contributed by atoms with Gasteiger partial charge in [0.15, 0.2) is 0 Å². The highest BCUT2D eigenvalue weighted by Gasteiger charge is 2.16. The molecule has 0 saturated heterocycles. The molecule has 1 aromatic rings. The normalized spacial score (nSPS) is 14.3. The van der Waals surface area contributed by atoms with Gasteiger partial charge in [-0.3, -0.25) is 0 Å². The maximum absolute atomic E-state index is 5.54. The molecule has 1 aromatic heterocycles. The summed E-state index contributed by atoms with van der Waals surface area (Å²) in [5, 5.41) is 3.48. The molecule has 1 rings (SSSR count). The van der Waals surface area contributed by atoms with Crippen molar-refractivity contribution in [2.45, 2.75) is 59.9 Å². The second-order valence-electron chi connectivity index (χ2n) is 5.52. The van der Waals surface area contributed by atoms with Crippen LogP contribution in [0.3, 0.4) is 0 Å². The van der Waals surface area contributed by atoms with Crippen molar-refractivity contribution in [2.75, 3.05) is 10.7 Å². The molecule has 2 unspecified atom stereocenters. The average Bonchev–Trinajstić information content (AvgIpc) is 2.39. The van der Waals surface area contributed by atoms with E-state index in [4.69, 9.17) is 5.84 Å². The summed E-state index contributed by atoms with van der Waals surface area (Å²) in [6, 6.07) is 0.365. The minimum Gasteiger partial charge on any atom is -0.367 e. The van der Waals surface area contributed by atoms with Crippen molar-refractivity contribution in [2.24, 2.45) is 11.8 Å². The van der Waals surface area contributed by atoms with Gasteiger partial charge in [-0.05, 0) is 19.8 Å². The number of hydrazine groups is 1. The van der Waals surface area contributed by atoms with E-state index in [2.05, 4.69) is 55.3 Å². The van der Waals surface area contributed by atoms with Gasteiger partial charge in [0, 0.05) is 17.5 Å². The molecule has 1 heterocycles. The van der Waals surface area contributed by atoms with Gasteiger partial charge in [0.1, 0.15) is 17.5 Å². The summed E-state index contributed by atoms with van der Waals surface area (Å²) >= 11 is 0. The number of anilines is 2. The number of hydrogen-bond donors (Lipinski definition) is 3. The Kier molecular flexibility index (Phi) is 5.54. The van der Waals surface area contributed by atoms with Crippen LogP contribution in [-0.2, 0) is 0 Å². The summed E-state index contributed by atoms with van der Waals surface area (Å²) in [7, 11) is 0. The van der Waals surface area contributed by atoms with Gasteiger partial charge in [-0.1, -0.05) is 34.1 Å². The number of hydrogen-bond acceptors (Lipinski definition) is 5. The van der Waals surface area contributed by atoms with Gasteiger partial charge >= 0.3 is 0 Å². The van der Waals surface area contributed by atoms with Crippen LogP contribution in [-0.4, -0.2) is 16.0 Å². The second kappa shape index (κ2) is 6.70. The molecule has 0 spiro atoms. The van der Waals surface area contributed by atoms with Crippen LogP contribution in [0, 0.1) is 12.8 Å². The molecule has 0 bridgehead atoms. The first kappa shape index (κ1) is 15.7. The largest absolute Gasteiger partial charge is 0.367 e. The molecule has 0 radical (unpaired) electrons. The van der Waals surface area contributed by atoms with Crippen LogP contribution in [0.5, 0.6) is 0 Å². The van der Waals surface area contributed by atoms with E-state index in [1.165, 1.54) is 0 Å². The Labute approximate surface area is 116 Å². The summed E-state index contributed by atoms with van der Waals surface area (Å²) in [6.45, 7) is 12.7. The first-order valence-electron chi connectivity index (χ1n) is 7.02. The lowest BCUT2D eigenvalue weighted by molar-refractivity contribution is 0.493. The molecule has 4 N–H and O–H groups in total. The molecule has 0 saturated carbocycles. The molecule has 0 aliphatic rings. The first-order chi connectivity index (χ1) is 8.90. The lowest BCUT2D eigenvalue weighted by atomic mass is 10.0. The van der Waals surface area contributed by atoms with Crippen molar-refractivity contribution in [1.82, 2.24) is 9.97 Å².